The number of rotatable bonds is 11. The molecule has 0 radical (unpaired) electrons. The number of sulfonamides is 1. The van der Waals surface area contributed by atoms with Gasteiger partial charge in [0.1, 0.15) is 12.6 Å². The van der Waals surface area contributed by atoms with E-state index < -0.39 is 34.4 Å². The molecular formula is C23H26Cl5N3O4S. The van der Waals surface area contributed by atoms with Crippen molar-refractivity contribution in [2.24, 2.45) is 0 Å². The summed E-state index contributed by atoms with van der Waals surface area (Å²) >= 11 is 30.9. The SMILES string of the molecule is CCCCNC(=O)[C@H](C)N(Cc1c(Cl)cccc1Cl)C(=O)CN(c1cc(Cl)c(Cl)cc1Cl)S(C)(=O)=O. The lowest BCUT2D eigenvalue weighted by atomic mass is 10.1. The van der Waals surface area contributed by atoms with Crippen LogP contribution < -0.4 is 9.62 Å². The van der Waals surface area contributed by atoms with E-state index in [9.17, 15) is 18.0 Å². The van der Waals surface area contributed by atoms with Crippen LogP contribution in [0.15, 0.2) is 30.3 Å². The summed E-state index contributed by atoms with van der Waals surface area (Å²) in [7, 11) is -4.00. The molecule has 0 aliphatic heterocycles. The van der Waals surface area contributed by atoms with Crippen molar-refractivity contribution < 1.29 is 18.0 Å². The molecule has 2 rings (SSSR count). The van der Waals surface area contributed by atoms with Crippen LogP contribution in [0.5, 0.6) is 0 Å². The lowest BCUT2D eigenvalue weighted by Gasteiger charge is -2.32. The molecule has 0 unspecified atom stereocenters. The maximum Gasteiger partial charge on any atom is 0.244 e. The quantitative estimate of drug-likeness (QED) is 0.246. The van der Waals surface area contributed by atoms with E-state index in [1.54, 1.807) is 25.1 Å². The second-order valence-electron chi connectivity index (χ2n) is 8.03. The third-order valence-corrected chi connectivity index (χ3v) is 8.18. The molecule has 0 heterocycles. The molecule has 13 heteroatoms. The zero-order valence-electron chi connectivity index (χ0n) is 19.8. The monoisotopic (exact) mass is 615 g/mol. The molecule has 0 saturated heterocycles. The van der Waals surface area contributed by atoms with Gasteiger partial charge in [0.2, 0.25) is 21.8 Å². The fraction of sp³-hybridized carbons (Fsp3) is 0.391. The summed E-state index contributed by atoms with van der Waals surface area (Å²) in [6, 6.07) is 6.45. The first-order valence-corrected chi connectivity index (χ1v) is 14.6. The largest absolute Gasteiger partial charge is 0.354 e. The number of benzene rings is 2. The van der Waals surface area contributed by atoms with Crippen LogP contribution in [0.1, 0.15) is 32.3 Å². The molecule has 2 amide bonds. The average molecular weight is 618 g/mol. The van der Waals surface area contributed by atoms with E-state index in [-0.39, 0.29) is 27.3 Å². The van der Waals surface area contributed by atoms with Gasteiger partial charge in [-0.05, 0) is 37.6 Å². The summed E-state index contributed by atoms with van der Waals surface area (Å²) in [5.74, 6) is -1.09. The molecule has 0 fully saturated rings. The van der Waals surface area contributed by atoms with Gasteiger partial charge < -0.3 is 10.2 Å². The van der Waals surface area contributed by atoms with Crippen molar-refractivity contribution in [3.8, 4) is 0 Å². The van der Waals surface area contributed by atoms with Gasteiger partial charge in [-0.3, -0.25) is 13.9 Å². The number of hydrogen-bond donors (Lipinski definition) is 1. The number of halogens is 5. The van der Waals surface area contributed by atoms with Crippen LogP contribution in [0.2, 0.25) is 25.1 Å². The van der Waals surface area contributed by atoms with Gasteiger partial charge in [0.05, 0.1) is 27.0 Å². The first-order chi connectivity index (χ1) is 16.8. The van der Waals surface area contributed by atoms with Crippen LogP contribution in [0.4, 0.5) is 5.69 Å². The number of carbonyl (C=O) groups is 2. The molecule has 2 aromatic rings. The van der Waals surface area contributed by atoms with Crippen molar-refractivity contribution in [1.82, 2.24) is 10.2 Å². The molecule has 0 bridgehead atoms. The summed E-state index contributed by atoms with van der Waals surface area (Å²) in [6.07, 6.45) is 2.57. The van der Waals surface area contributed by atoms with Crippen molar-refractivity contribution in [2.75, 3.05) is 23.7 Å². The minimum atomic E-state index is -4.00. The van der Waals surface area contributed by atoms with Gasteiger partial charge in [-0.25, -0.2) is 8.42 Å². The van der Waals surface area contributed by atoms with E-state index in [1.807, 2.05) is 6.92 Å². The highest BCUT2D eigenvalue weighted by molar-refractivity contribution is 7.92. The Morgan fingerprint density at radius 1 is 0.972 bits per heavy atom. The van der Waals surface area contributed by atoms with E-state index in [0.717, 1.165) is 23.4 Å². The Bertz CT molecular complexity index is 1210. The van der Waals surface area contributed by atoms with Gasteiger partial charge in [0.15, 0.2) is 0 Å². The fourth-order valence-electron chi connectivity index (χ4n) is 3.27. The Morgan fingerprint density at radius 3 is 2.11 bits per heavy atom. The molecule has 198 valence electrons. The summed E-state index contributed by atoms with van der Waals surface area (Å²) in [4.78, 5) is 27.7. The highest BCUT2D eigenvalue weighted by Crippen LogP contribution is 2.36. The zero-order valence-corrected chi connectivity index (χ0v) is 24.4. The lowest BCUT2D eigenvalue weighted by molar-refractivity contribution is -0.139. The van der Waals surface area contributed by atoms with Crippen LogP contribution >= 0.6 is 58.0 Å². The van der Waals surface area contributed by atoms with E-state index in [4.69, 9.17) is 58.0 Å². The third kappa shape index (κ3) is 8.04. The zero-order chi connectivity index (χ0) is 27.2. The van der Waals surface area contributed by atoms with Crippen LogP contribution in [0.25, 0.3) is 0 Å². The second kappa shape index (κ2) is 13.4. The van der Waals surface area contributed by atoms with Crippen molar-refractivity contribution in [3.05, 3.63) is 61.0 Å². The van der Waals surface area contributed by atoms with Crippen LogP contribution in [0, 0.1) is 0 Å². The van der Waals surface area contributed by atoms with Gasteiger partial charge in [0.25, 0.3) is 0 Å². The number of carbonyl (C=O) groups excluding carboxylic acids is 2. The summed E-state index contributed by atoms with van der Waals surface area (Å²) in [6.45, 7) is 3.17. The summed E-state index contributed by atoms with van der Waals surface area (Å²) < 4.78 is 26.2. The predicted octanol–water partition coefficient (Wildman–Crippen LogP) is 6.05. The highest BCUT2D eigenvalue weighted by atomic mass is 35.5. The number of nitrogens with zero attached hydrogens (tertiary/aromatic N) is 2. The Balaban J connectivity index is 2.48. The first kappa shape index (κ1) is 30.8. The molecule has 0 aromatic heterocycles. The number of anilines is 1. The van der Waals surface area contributed by atoms with E-state index >= 15 is 0 Å². The fourth-order valence-corrected chi connectivity index (χ4v) is 5.33. The van der Waals surface area contributed by atoms with Crippen molar-refractivity contribution in [2.45, 2.75) is 39.3 Å². The lowest BCUT2D eigenvalue weighted by Crippen LogP contribution is -2.51. The van der Waals surface area contributed by atoms with Crippen LogP contribution in [-0.4, -0.2) is 50.5 Å². The second-order valence-corrected chi connectivity index (χ2v) is 12.0. The van der Waals surface area contributed by atoms with Gasteiger partial charge in [-0.15, -0.1) is 0 Å². The minimum Gasteiger partial charge on any atom is -0.354 e. The maximum atomic E-state index is 13.6. The van der Waals surface area contributed by atoms with Gasteiger partial charge >= 0.3 is 0 Å². The Labute approximate surface area is 236 Å². The highest BCUT2D eigenvalue weighted by Gasteiger charge is 2.31. The molecule has 1 N–H and O–H groups in total. The summed E-state index contributed by atoms with van der Waals surface area (Å²) in [5.41, 5.74) is 0.388. The number of hydrogen-bond acceptors (Lipinski definition) is 4. The van der Waals surface area contributed by atoms with E-state index in [2.05, 4.69) is 5.32 Å². The first-order valence-electron chi connectivity index (χ1n) is 10.9. The number of unbranched alkanes of at least 4 members (excludes halogenated alkanes) is 1. The Morgan fingerprint density at radius 2 is 1.56 bits per heavy atom. The molecule has 0 aliphatic carbocycles. The normalized spacial score (nSPS) is 12.2. The van der Waals surface area contributed by atoms with Crippen LogP contribution in [0.3, 0.4) is 0 Å². The van der Waals surface area contributed by atoms with Gasteiger partial charge in [0, 0.05) is 28.7 Å². The van der Waals surface area contributed by atoms with E-state index in [0.29, 0.717) is 22.2 Å². The van der Waals surface area contributed by atoms with Crippen molar-refractivity contribution in [3.63, 3.8) is 0 Å². The average Bonchev–Trinajstić information content (AvgIpc) is 2.78. The molecule has 7 nitrogen and oxygen atoms in total. The third-order valence-electron chi connectivity index (χ3n) is 5.32. The molecule has 36 heavy (non-hydrogen) atoms. The van der Waals surface area contributed by atoms with Crippen molar-refractivity contribution >= 4 is 85.5 Å². The number of nitrogens with one attached hydrogen (secondary N) is 1. The smallest absolute Gasteiger partial charge is 0.244 e. The number of amides is 2. The van der Waals surface area contributed by atoms with Crippen molar-refractivity contribution in [1.29, 1.82) is 0 Å². The Kier molecular flexibility index (Phi) is 11.5. The van der Waals surface area contributed by atoms with E-state index in [1.165, 1.54) is 17.0 Å². The summed E-state index contributed by atoms with van der Waals surface area (Å²) in [5, 5.41) is 3.54. The standard InChI is InChI=1S/C23H26Cl5N3O4S/c1-4-5-9-29-23(33)14(2)30(12-15-16(24)7-6-8-17(15)25)22(32)13-31(36(3,34)35)21-11-19(27)18(26)10-20(21)28/h6-8,10-11,14H,4-5,9,12-13H2,1-3H3,(H,29,33)/t14-/m0/s1. The molecule has 1 atom stereocenters. The molecule has 0 aliphatic rings. The predicted molar refractivity (Wildman–Crippen MR) is 148 cm³/mol. The minimum absolute atomic E-state index is 0.0197. The maximum absolute atomic E-state index is 13.6. The molecular weight excluding hydrogens is 592 g/mol. The molecule has 2 aromatic carbocycles. The van der Waals surface area contributed by atoms with Gasteiger partial charge in [-0.1, -0.05) is 77.4 Å². The molecule has 0 spiro atoms. The Hall–Kier alpha value is -1.42. The van der Waals surface area contributed by atoms with Gasteiger partial charge in [-0.2, -0.15) is 0 Å². The topological polar surface area (TPSA) is 86.8 Å². The van der Waals surface area contributed by atoms with Crippen LogP contribution in [-0.2, 0) is 26.2 Å². The molecule has 0 saturated carbocycles.